The minimum absolute atomic E-state index is 0.0388. The number of anilines is 1. The van der Waals surface area contributed by atoms with E-state index in [0.29, 0.717) is 23.4 Å². The normalized spacial score (nSPS) is 19.2. The lowest BCUT2D eigenvalue weighted by Gasteiger charge is -2.31. The van der Waals surface area contributed by atoms with Crippen molar-refractivity contribution < 1.29 is 9.32 Å². The number of amides is 1. The summed E-state index contributed by atoms with van der Waals surface area (Å²) in [6.07, 6.45) is 4.03. The molecule has 1 amide bonds. The van der Waals surface area contributed by atoms with Gasteiger partial charge in [-0.25, -0.2) is 4.98 Å². The van der Waals surface area contributed by atoms with Gasteiger partial charge in [-0.05, 0) is 49.9 Å². The minimum atomic E-state index is 0.0388. The lowest BCUT2D eigenvalue weighted by Crippen LogP contribution is -2.39. The van der Waals surface area contributed by atoms with Crippen LogP contribution in [0.2, 0.25) is 0 Å². The third-order valence-electron chi connectivity index (χ3n) is 5.09. The highest BCUT2D eigenvalue weighted by atomic mass is 32.2. The number of nitrogens with zero attached hydrogens (tertiary/aromatic N) is 2. The first kappa shape index (κ1) is 20.1. The zero-order valence-corrected chi connectivity index (χ0v) is 17.7. The number of piperidine rings is 1. The highest BCUT2D eigenvalue weighted by Gasteiger charge is 2.28. The van der Waals surface area contributed by atoms with Crippen molar-refractivity contribution in [1.82, 2.24) is 15.5 Å². The molecule has 8 heteroatoms. The SMILES string of the molecule is O=C(C[C@@H]1CCNC[C@H]1Cc1cc(CSc2ccccc2)on1)Nc1nccs1. The van der Waals surface area contributed by atoms with E-state index in [4.69, 9.17) is 4.52 Å². The number of rotatable bonds is 8. The fourth-order valence-corrected chi connectivity index (χ4v) is 4.98. The highest BCUT2D eigenvalue weighted by molar-refractivity contribution is 7.98. The van der Waals surface area contributed by atoms with Crippen LogP contribution in [0.1, 0.15) is 24.3 Å². The molecule has 1 saturated heterocycles. The molecule has 152 valence electrons. The summed E-state index contributed by atoms with van der Waals surface area (Å²) in [7, 11) is 0. The van der Waals surface area contributed by atoms with Crippen molar-refractivity contribution in [3.8, 4) is 0 Å². The van der Waals surface area contributed by atoms with Gasteiger partial charge in [0.05, 0.1) is 11.4 Å². The van der Waals surface area contributed by atoms with Crippen molar-refractivity contribution in [2.45, 2.75) is 29.9 Å². The summed E-state index contributed by atoms with van der Waals surface area (Å²) in [5, 5.41) is 13.2. The van der Waals surface area contributed by atoms with Gasteiger partial charge in [-0.3, -0.25) is 4.79 Å². The summed E-state index contributed by atoms with van der Waals surface area (Å²) in [5.74, 6) is 2.38. The molecular weight excluding hydrogens is 404 g/mol. The van der Waals surface area contributed by atoms with E-state index in [0.717, 1.165) is 43.1 Å². The zero-order valence-electron chi connectivity index (χ0n) is 16.0. The Balaban J connectivity index is 1.31. The molecule has 3 aromatic rings. The molecule has 0 radical (unpaired) electrons. The first-order valence-electron chi connectivity index (χ1n) is 9.78. The van der Waals surface area contributed by atoms with E-state index in [9.17, 15) is 4.79 Å². The summed E-state index contributed by atoms with van der Waals surface area (Å²) in [6, 6.07) is 12.3. The molecule has 6 nitrogen and oxygen atoms in total. The maximum atomic E-state index is 12.4. The van der Waals surface area contributed by atoms with E-state index >= 15 is 0 Å². The van der Waals surface area contributed by atoms with E-state index in [1.807, 2.05) is 23.6 Å². The monoisotopic (exact) mass is 428 g/mol. The second kappa shape index (κ2) is 10.0. The molecule has 4 rings (SSSR count). The van der Waals surface area contributed by atoms with Gasteiger partial charge in [-0.2, -0.15) is 0 Å². The van der Waals surface area contributed by atoms with Crippen molar-refractivity contribution in [2.24, 2.45) is 11.8 Å². The lowest BCUT2D eigenvalue weighted by atomic mass is 9.81. The summed E-state index contributed by atoms with van der Waals surface area (Å²) >= 11 is 3.18. The number of nitrogens with one attached hydrogen (secondary N) is 2. The van der Waals surface area contributed by atoms with Gasteiger partial charge >= 0.3 is 0 Å². The summed E-state index contributed by atoms with van der Waals surface area (Å²) < 4.78 is 5.54. The third kappa shape index (κ3) is 5.91. The molecule has 3 heterocycles. The maximum absolute atomic E-state index is 12.4. The fourth-order valence-electron chi connectivity index (χ4n) is 3.64. The second-order valence-electron chi connectivity index (χ2n) is 7.19. The molecule has 0 bridgehead atoms. The second-order valence-corrected chi connectivity index (χ2v) is 9.14. The van der Waals surface area contributed by atoms with Crippen LogP contribution in [-0.2, 0) is 17.0 Å². The van der Waals surface area contributed by atoms with Crippen LogP contribution in [0.25, 0.3) is 0 Å². The van der Waals surface area contributed by atoms with Crippen LogP contribution in [-0.4, -0.2) is 29.1 Å². The highest BCUT2D eigenvalue weighted by Crippen LogP contribution is 2.28. The lowest BCUT2D eigenvalue weighted by molar-refractivity contribution is -0.117. The van der Waals surface area contributed by atoms with Gasteiger partial charge in [0.15, 0.2) is 5.13 Å². The number of carbonyl (C=O) groups is 1. The number of benzene rings is 1. The average Bonchev–Trinajstić information content (AvgIpc) is 3.41. The molecule has 2 aromatic heterocycles. The predicted octanol–water partition coefficient (Wildman–Crippen LogP) is 4.22. The van der Waals surface area contributed by atoms with E-state index in [-0.39, 0.29) is 5.91 Å². The Kier molecular flexibility index (Phi) is 6.97. The Morgan fingerprint density at radius 2 is 2.21 bits per heavy atom. The van der Waals surface area contributed by atoms with Gasteiger partial charge in [0.25, 0.3) is 0 Å². The molecule has 1 fully saturated rings. The van der Waals surface area contributed by atoms with Gasteiger partial charge in [-0.15, -0.1) is 23.1 Å². The molecule has 0 unspecified atom stereocenters. The molecule has 0 saturated carbocycles. The molecule has 29 heavy (non-hydrogen) atoms. The van der Waals surface area contributed by atoms with E-state index in [2.05, 4.69) is 39.0 Å². The number of thiazole rings is 1. The number of hydrogen-bond acceptors (Lipinski definition) is 7. The van der Waals surface area contributed by atoms with E-state index in [1.165, 1.54) is 16.2 Å². The van der Waals surface area contributed by atoms with Crippen molar-refractivity contribution in [1.29, 1.82) is 0 Å². The Morgan fingerprint density at radius 1 is 1.31 bits per heavy atom. The molecule has 0 spiro atoms. The Bertz CT molecular complexity index is 899. The summed E-state index contributed by atoms with van der Waals surface area (Å²) in [5.41, 5.74) is 0.965. The molecular formula is C21H24N4O2S2. The van der Waals surface area contributed by atoms with Gasteiger partial charge in [0, 0.05) is 29.0 Å². The predicted molar refractivity (Wildman–Crippen MR) is 116 cm³/mol. The smallest absolute Gasteiger partial charge is 0.226 e. The number of thioether (sulfide) groups is 1. The van der Waals surface area contributed by atoms with E-state index in [1.54, 1.807) is 18.0 Å². The number of carbonyl (C=O) groups excluding carboxylic acids is 1. The first-order valence-corrected chi connectivity index (χ1v) is 11.6. The molecule has 2 N–H and O–H groups in total. The van der Waals surface area contributed by atoms with Gasteiger partial charge in [0.1, 0.15) is 5.76 Å². The Labute approximate surface area is 178 Å². The van der Waals surface area contributed by atoms with Gasteiger partial charge in [-0.1, -0.05) is 23.4 Å². The standard InChI is InChI=1S/C21H24N4O2S2/c26-20(24-21-23-8-9-28-21)11-15-6-7-22-13-16(15)10-17-12-18(27-25-17)14-29-19-4-2-1-3-5-19/h1-5,8-9,12,15-16,22H,6-7,10-11,13-14H2,(H,23,24,26)/t15-,16+/m0/s1. The van der Waals surface area contributed by atoms with Crippen LogP contribution in [0, 0.1) is 11.8 Å². The number of hydrogen-bond donors (Lipinski definition) is 2. The van der Waals surface area contributed by atoms with Crippen LogP contribution in [0.3, 0.4) is 0 Å². The maximum Gasteiger partial charge on any atom is 0.226 e. The first-order chi connectivity index (χ1) is 14.3. The van der Waals surface area contributed by atoms with Crippen molar-refractivity contribution in [2.75, 3.05) is 18.4 Å². The molecule has 1 aromatic carbocycles. The Morgan fingerprint density at radius 3 is 3.03 bits per heavy atom. The summed E-state index contributed by atoms with van der Waals surface area (Å²) in [4.78, 5) is 17.7. The quantitative estimate of drug-likeness (QED) is 0.523. The molecule has 2 atom stereocenters. The van der Waals surface area contributed by atoms with Crippen molar-refractivity contribution >= 4 is 34.1 Å². The summed E-state index contributed by atoms with van der Waals surface area (Å²) in [6.45, 7) is 1.85. The van der Waals surface area contributed by atoms with Crippen LogP contribution < -0.4 is 10.6 Å². The fraction of sp³-hybridized carbons (Fsp3) is 0.381. The topological polar surface area (TPSA) is 80.0 Å². The molecule has 1 aliphatic heterocycles. The Hall–Kier alpha value is -2.16. The molecule has 1 aliphatic rings. The van der Waals surface area contributed by atoms with E-state index < -0.39 is 0 Å². The molecule has 0 aliphatic carbocycles. The van der Waals surface area contributed by atoms with Gasteiger partial charge in [0.2, 0.25) is 5.91 Å². The average molecular weight is 429 g/mol. The van der Waals surface area contributed by atoms with Crippen LogP contribution >= 0.6 is 23.1 Å². The van der Waals surface area contributed by atoms with Crippen molar-refractivity contribution in [3.05, 3.63) is 59.4 Å². The van der Waals surface area contributed by atoms with Gasteiger partial charge < -0.3 is 15.2 Å². The largest absolute Gasteiger partial charge is 0.360 e. The zero-order chi connectivity index (χ0) is 19.9. The number of aromatic nitrogens is 2. The third-order valence-corrected chi connectivity index (χ3v) is 6.82. The minimum Gasteiger partial charge on any atom is -0.360 e. The van der Waals surface area contributed by atoms with Crippen molar-refractivity contribution in [3.63, 3.8) is 0 Å². The van der Waals surface area contributed by atoms with Crippen LogP contribution in [0.5, 0.6) is 0 Å². The van der Waals surface area contributed by atoms with Crippen LogP contribution in [0.4, 0.5) is 5.13 Å². The van der Waals surface area contributed by atoms with Crippen LogP contribution in [0.15, 0.2) is 57.4 Å².